The Hall–Kier alpha value is -3.55. The first kappa shape index (κ1) is 26.1. The number of nitrogens with one attached hydrogen (secondary N) is 2. The molecule has 2 amide bonds. The molecule has 0 saturated heterocycles. The quantitative estimate of drug-likeness (QED) is 0.365. The van der Waals surface area contributed by atoms with Crippen LogP contribution in [0, 0.1) is 0 Å². The van der Waals surface area contributed by atoms with E-state index < -0.39 is 30.1 Å². The van der Waals surface area contributed by atoms with E-state index in [-0.39, 0.29) is 19.4 Å². The standard InChI is InChI=1S/C26H24Cl2N2O5/c27-20-12-7-13-21(28)19(20)15-23(25(32)33)29-24(31)22(14-17-8-3-1-4-9-17)30-26(34)35-16-18-10-5-2-6-11-18/h1-13,22-23H,14-16H2,(H,29,31)(H,30,34)(H,32,33)/t22-,23+/m0/s1. The number of carbonyl (C=O) groups is 3. The van der Waals surface area contributed by atoms with Gasteiger partial charge >= 0.3 is 12.1 Å². The zero-order chi connectivity index (χ0) is 25.2. The summed E-state index contributed by atoms with van der Waals surface area (Å²) in [5.74, 6) is -1.94. The number of hydrogen-bond acceptors (Lipinski definition) is 4. The van der Waals surface area contributed by atoms with Crippen molar-refractivity contribution < 1.29 is 24.2 Å². The Morgan fingerprint density at radius 3 is 1.89 bits per heavy atom. The van der Waals surface area contributed by atoms with E-state index in [2.05, 4.69) is 10.6 Å². The lowest BCUT2D eigenvalue weighted by atomic mass is 10.0. The second-order valence-corrected chi connectivity index (χ2v) is 8.57. The number of carboxylic acid groups (broad SMARTS) is 1. The number of carboxylic acids is 1. The molecule has 0 radical (unpaired) electrons. The Balaban J connectivity index is 1.72. The molecule has 0 heterocycles. The fourth-order valence-corrected chi connectivity index (χ4v) is 3.92. The van der Waals surface area contributed by atoms with Crippen LogP contribution in [0.1, 0.15) is 16.7 Å². The highest BCUT2D eigenvalue weighted by atomic mass is 35.5. The molecular formula is C26H24Cl2N2O5. The SMILES string of the molecule is O=C(N[C@@H](Cc1ccccc1)C(=O)N[C@H](Cc1c(Cl)cccc1Cl)C(=O)O)OCc1ccccc1. The molecular weight excluding hydrogens is 491 g/mol. The van der Waals surface area contributed by atoms with E-state index in [0.717, 1.165) is 11.1 Å². The lowest BCUT2D eigenvalue weighted by Gasteiger charge is -2.22. The first-order valence-corrected chi connectivity index (χ1v) is 11.6. The van der Waals surface area contributed by atoms with Crippen LogP contribution in [0.15, 0.2) is 78.9 Å². The third-order valence-electron chi connectivity index (χ3n) is 5.19. The van der Waals surface area contributed by atoms with E-state index in [4.69, 9.17) is 27.9 Å². The molecule has 9 heteroatoms. The van der Waals surface area contributed by atoms with Crippen LogP contribution in [0.3, 0.4) is 0 Å². The van der Waals surface area contributed by atoms with Crippen molar-refractivity contribution in [1.29, 1.82) is 0 Å². The van der Waals surface area contributed by atoms with E-state index in [9.17, 15) is 19.5 Å². The van der Waals surface area contributed by atoms with Gasteiger partial charge in [-0.3, -0.25) is 4.79 Å². The zero-order valence-corrected chi connectivity index (χ0v) is 20.1. The van der Waals surface area contributed by atoms with Crippen molar-refractivity contribution in [1.82, 2.24) is 10.6 Å². The van der Waals surface area contributed by atoms with Gasteiger partial charge in [0.05, 0.1) is 0 Å². The number of rotatable bonds is 10. The Kier molecular flexibility index (Phi) is 9.52. The number of benzene rings is 3. The summed E-state index contributed by atoms with van der Waals surface area (Å²) in [7, 11) is 0. The maximum absolute atomic E-state index is 13.1. The molecule has 0 saturated carbocycles. The van der Waals surface area contributed by atoms with E-state index >= 15 is 0 Å². The predicted molar refractivity (Wildman–Crippen MR) is 133 cm³/mol. The van der Waals surface area contributed by atoms with Gasteiger partial charge in [-0.15, -0.1) is 0 Å². The van der Waals surface area contributed by atoms with Crippen LogP contribution in [-0.2, 0) is 33.8 Å². The summed E-state index contributed by atoms with van der Waals surface area (Å²) in [4.78, 5) is 37.5. The van der Waals surface area contributed by atoms with Gasteiger partial charge in [-0.05, 0) is 28.8 Å². The molecule has 0 unspecified atom stereocenters. The minimum atomic E-state index is -1.32. The van der Waals surface area contributed by atoms with Gasteiger partial charge in [0, 0.05) is 22.9 Å². The summed E-state index contributed by atoms with van der Waals surface area (Å²) >= 11 is 12.4. The summed E-state index contributed by atoms with van der Waals surface area (Å²) in [5, 5.41) is 15.3. The van der Waals surface area contributed by atoms with E-state index in [1.54, 1.807) is 54.6 Å². The molecule has 3 aromatic carbocycles. The smallest absolute Gasteiger partial charge is 0.408 e. The number of halogens is 2. The summed E-state index contributed by atoms with van der Waals surface area (Å²) in [6, 6.07) is 20.6. The predicted octanol–water partition coefficient (Wildman–Crippen LogP) is 4.64. The molecule has 0 aliphatic rings. The number of amides is 2. The molecule has 3 aromatic rings. The lowest BCUT2D eigenvalue weighted by molar-refractivity contribution is -0.142. The highest BCUT2D eigenvalue weighted by molar-refractivity contribution is 6.36. The highest BCUT2D eigenvalue weighted by Crippen LogP contribution is 2.25. The van der Waals surface area contributed by atoms with Gasteiger partial charge in [0.15, 0.2) is 0 Å². The largest absolute Gasteiger partial charge is 0.480 e. The van der Waals surface area contributed by atoms with Gasteiger partial charge < -0.3 is 20.5 Å². The van der Waals surface area contributed by atoms with E-state index in [1.807, 2.05) is 24.3 Å². The number of carbonyl (C=O) groups excluding carboxylic acids is 2. The second kappa shape index (κ2) is 12.8. The molecule has 0 aliphatic carbocycles. The van der Waals surface area contributed by atoms with Crippen molar-refractivity contribution in [3.8, 4) is 0 Å². The van der Waals surface area contributed by atoms with Gasteiger partial charge in [-0.25, -0.2) is 9.59 Å². The minimum absolute atomic E-state index is 0.0229. The maximum Gasteiger partial charge on any atom is 0.408 e. The van der Waals surface area contributed by atoms with Crippen molar-refractivity contribution in [3.63, 3.8) is 0 Å². The Morgan fingerprint density at radius 2 is 1.31 bits per heavy atom. The van der Waals surface area contributed by atoms with Crippen molar-refractivity contribution >= 4 is 41.2 Å². The fourth-order valence-electron chi connectivity index (χ4n) is 3.37. The summed E-state index contributed by atoms with van der Waals surface area (Å²) < 4.78 is 5.24. The lowest BCUT2D eigenvalue weighted by Crippen LogP contribution is -2.53. The van der Waals surface area contributed by atoms with Crippen molar-refractivity contribution in [2.75, 3.05) is 0 Å². The summed E-state index contributed by atoms with van der Waals surface area (Å²) in [5.41, 5.74) is 1.96. The van der Waals surface area contributed by atoms with Crippen LogP contribution in [0.2, 0.25) is 10.0 Å². The third kappa shape index (κ3) is 8.02. The van der Waals surface area contributed by atoms with Crippen LogP contribution >= 0.6 is 23.2 Å². The molecule has 35 heavy (non-hydrogen) atoms. The van der Waals surface area contributed by atoms with Crippen molar-refractivity contribution in [2.24, 2.45) is 0 Å². The zero-order valence-electron chi connectivity index (χ0n) is 18.6. The first-order valence-electron chi connectivity index (χ1n) is 10.8. The molecule has 2 atom stereocenters. The maximum atomic E-state index is 13.1. The van der Waals surface area contributed by atoms with Gasteiger partial charge in [0.2, 0.25) is 5.91 Å². The number of ether oxygens (including phenoxy) is 1. The van der Waals surface area contributed by atoms with Crippen LogP contribution in [0.5, 0.6) is 0 Å². The molecule has 7 nitrogen and oxygen atoms in total. The van der Waals surface area contributed by atoms with Crippen molar-refractivity contribution in [2.45, 2.75) is 31.5 Å². The number of aliphatic carboxylic acids is 1. The fraction of sp³-hybridized carbons (Fsp3) is 0.192. The van der Waals surface area contributed by atoms with Crippen molar-refractivity contribution in [3.05, 3.63) is 106 Å². The van der Waals surface area contributed by atoms with Crippen LogP contribution in [0.25, 0.3) is 0 Å². The second-order valence-electron chi connectivity index (χ2n) is 7.75. The first-order chi connectivity index (χ1) is 16.8. The van der Waals surface area contributed by atoms with E-state index in [0.29, 0.717) is 15.6 Å². The molecule has 3 rings (SSSR count). The number of alkyl carbamates (subject to hydrolysis) is 1. The molecule has 0 aliphatic heterocycles. The Labute approximate surface area is 213 Å². The average molecular weight is 515 g/mol. The summed E-state index contributed by atoms with van der Waals surface area (Å²) in [6.45, 7) is 0.0229. The molecule has 0 spiro atoms. The van der Waals surface area contributed by atoms with Gasteiger partial charge in [-0.2, -0.15) is 0 Å². The molecule has 182 valence electrons. The minimum Gasteiger partial charge on any atom is -0.480 e. The highest BCUT2D eigenvalue weighted by Gasteiger charge is 2.28. The van der Waals surface area contributed by atoms with E-state index in [1.165, 1.54) is 0 Å². The van der Waals surface area contributed by atoms with Gasteiger partial charge in [-0.1, -0.05) is 89.9 Å². The Morgan fingerprint density at radius 1 is 0.743 bits per heavy atom. The Bertz CT molecular complexity index is 1140. The van der Waals surface area contributed by atoms with Crippen LogP contribution in [-0.4, -0.2) is 35.2 Å². The third-order valence-corrected chi connectivity index (χ3v) is 5.90. The topological polar surface area (TPSA) is 105 Å². The van der Waals surface area contributed by atoms with Gasteiger partial charge in [0.1, 0.15) is 18.7 Å². The molecule has 0 fully saturated rings. The van der Waals surface area contributed by atoms with Gasteiger partial charge in [0.25, 0.3) is 0 Å². The monoisotopic (exact) mass is 514 g/mol. The number of hydrogen-bond donors (Lipinski definition) is 3. The molecule has 0 aromatic heterocycles. The molecule has 3 N–H and O–H groups in total. The molecule has 0 bridgehead atoms. The van der Waals surface area contributed by atoms with Crippen LogP contribution in [0.4, 0.5) is 4.79 Å². The van der Waals surface area contributed by atoms with Crippen LogP contribution < -0.4 is 10.6 Å². The normalized spacial score (nSPS) is 12.3. The average Bonchev–Trinajstić information content (AvgIpc) is 2.85. The summed E-state index contributed by atoms with van der Waals surface area (Å²) in [6.07, 6.45) is -0.798.